The second kappa shape index (κ2) is 4.64. The van der Waals surface area contributed by atoms with Crippen molar-refractivity contribution in [1.82, 2.24) is 25.0 Å². The normalized spacial score (nSPS) is 11.3. The van der Waals surface area contributed by atoms with Crippen LogP contribution in [-0.4, -0.2) is 25.0 Å². The number of fused-ring (bicyclic) bond motifs is 1. The predicted octanol–water partition coefficient (Wildman–Crippen LogP) is 3.47. The van der Waals surface area contributed by atoms with Crippen molar-refractivity contribution < 1.29 is 4.52 Å². The molecule has 104 valence electrons. The predicted molar refractivity (Wildman–Crippen MR) is 79.3 cm³/mol. The Hall–Kier alpha value is -2.25. The second-order valence-electron chi connectivity index (χ2n) is 4.44. The monoisotopic (exact) mass is 317 g/mol. The molecule has 0 amide bonds. The Labute approximate surface area is 128 Å². The molecule has 0 fully saturated rings. The zero-order chi connectivity index (χ0) is 14.4. The van der Waals surface area contributed by atoms with Crippen LogP contribution in [0.3, 0.4) is 0 Å². The molecule has 4 rings (SSSR count). The summed E-state index contributed by atoms with van der Waals surface area (Å²) in [7, 11) is 0. The van der Waals surface area contributed by atoms with Gasteiger partial charge in [0.05, 0.1) is 10.7 Å². The maximum atomic E-state index is 6.21. The van der Waals surface area contributed by atoms with Gasteiger partial charge in [0, 0.05) is 11.6 Å². The van der Waals surface area contributed by atoms with Crippen molar-refractivity contribution in [2.24, 2.45) is 0 Å². The van der Waals surface area contributed by atoms with Gasteiger partial charge in [-0.05, 0) is 19.1 Å². The van der Waals surface area contributed by atoms with E-state index in [1.165, 1.54) is 11.3 Å². The Bertz CT molecular complexity index is 941. The number of hydrogen-bond acceptors (Lipinski definition) is 6. The molecule has 6 nitrogen and oxygen atoms in total. The molecule has 0 aliphatic heterocycles. The Kier molecular flexibility index (Phi) is 2.76. The van der Waals surface area contributed by atoms with Gasteiger partial charge in [0.1, 0.15) is 0 Å². The molecule has 0 atom stereocenters. The lowest BCUT2D eigenvalue weighted by Crippen LogP contribution is -1.91. The molecule has 21 heavy (non-hydrogen) atoms. The molecule has 4 aromatic rings. The average Bonchev–Trinajstić information content (AvgIpc) is 3.14. The highest BCUT2D eigenvalue weighted by molar-refractivity contribution is 7.19. The summed E-state index contributed by atoms with van der Waals surface area (Å²) < 4.78 is 6.89. The van der Waals surface area contributed by atoms with Gasteiger partial charge in [0.25, 0.3) is 0 Å². The Morgan fingerprint density at radius 2 is 2.10 bits per heavy atom. The number of aromatic nitrogens is 5. The lowest BCUT2D eigenvalue weighted by Gasteiger charge is -1.98. The van der Waals surface area contributed by atoms with Crippen molar-refractivity contribution in [2.75, 3.05) is 0 Å². The Balaban J connectivity index is 1.89. The van der Waals surface area contributed by atoms with Gasteiger partial charge in [0.2, 0.25) is 4.96 Å². The van der Waals surface area contributed by atoms with Crippen LogP contribution in [-0.2, 0) is 0 Å². The molecule has 3 aromatic heterocycles. The standard InChI is InChI=1S/C13H8ClN5OS/c1-7-6-10(20-18-7)12-17-19-11(15-16-13(19)21-12)8-4-2-3-5-9(8)14/h2-6H,1H3. The molecule has 0 unspecified atom stereocenters. The summed E-state index contributed by atoms with van der Waals surface area (Å²) >= 11 is 7.60. The average molecular weight is 318 g/mol. The molecule has 0 N–H and O–H groups in total. The number of nitrogens with zero attached hydrogens (tertiary/aromatic N) is 5. The molecule has 3 heterocycles. The van der Waals surface area contributed by atoms with E-state index in [-0.39, 0.29) is 0 Å². The Morgan fingerprint density at radius 3 is 2.86 bits per heavy atom. The molecule has 0 radical (unpaired) electrons. The largest absolute Gasteiger partial charge is 0.353 e. The molecule has 0 saturated heterocycles. The van der Waals surface area contributed by atoms with Crippen LogP contribution in [0.2, 0.25) is 5.02 Å². The highest BCUT2D eigenvalue weighted by atomic mass is 35.5. The third-order valence-corrected chi connectivity index (χ3v) is 4.19. The second-order valence-corrected chi connectivity index (χ2v) is 5.80. The third-order valence-electron chi connectivity index (χ3n) is 2.94. The maximum absolute atomic E-state index is 6.21. The van der Waals surface area contributed by atoms with Crippen LogP contribution >= 0.6 is 22.9 Å². The molecule has 0 bridgehead atoms. The van der Waals surface area contributed by atoms with Gasteiger partial charge in [-0.15, -0.1) is 15.3 Å². The number of benzene rings is 1. The van der Waals surface area contributed by atoms with E-state index in [1.807, 2.05) is 37.3 Å². The molecule has 8 heteroatoms. The molecule has 0 aliphatic carbocycles. The maximum Gasteiger partial charge on any atom is 0.235 e. The van der Waals surface area contributed by atoms with Gasteiger partial charge in [-0.3, -0.25) is 0 Å². The van der Waals surface area contributed by atoms with E-state index in [2.05, 4.69) is 20.5 Å². The summed E-state index contributed by atoms with van der Waals surface area (Å²) in [5, 5.41) is 18.0. The van der Waals surface area contributed by atoms with Gasteiger partial charge in [-0.2, -0.15) is 4.52 Å². The van der Waals surface area contributed by atoms with Crippen molar-refractivity contribution in [3.63, 3.8) is 0 Å². The van der Waals surface area contributed by atoms with E-state index >= 15 is 0 Å². The SMILES string of the molecule is Cc1cc(-c2nn3c(-c4ccccc4Cl)nnc3s2)on1. The van der Waals surface area contributed by atoms with Gasteiger partial charge >= 0.3 is 0 Å². The number of rotatable bonds is 2. The van der Waals surface area contributed by atoms with E-state index in [9.17, 15) is 0 Å². The van der Waals surface area contributed by atoms with Crippen molar-refractivity contribution >= 4 is 27.9 Å². The van der Waals surface area contributed by atoms with Crippen molar-refractivity contribution in [3.05, 3.63) is 41.0 Å². The first-order chi connectivity index (χ1) is 10.2. The molecule has 1 aromatic carbocycles. The van der Waals surface area contributed by atoms with E-state index in [0.29, 0.717) is 26.6 Å². The Morgan fingerprint density at radius 1 is 1.24 bits per heavy atom. The van der Waals surface area contributed by atoms with E-state index in [4.69, 9.17) is 16.1 Å². The van der Waals surface area contributed by atoms with Gasteiger partial charge in [-0.1, -0.05) is 40.2 Å². The first-order valence-electron chi connectivity index (χ1n) is 6.13. The van der Waals surface area contributed by atoms with Crippen molar-refractivity contribution in [1.29, 1.82) is 0 Å². The molecule has 0 aliphatic rings. The van der Waals surface area contributed by atoms with E-state index in [1.54, 1.807) is 4.52 Å². The first-order valence-corrected chi connectivity index (χ1v) is 7.32. The minimum absolute atomic E-state index is 0.606. The fourth-order valence-electron chi connectivity index (χ4n) is 1.99. The zero-order valence-corrected chi connectivity index (χ0v) is 12.4. The smallest absolute Gasteiger partial charge is 0.235 e. The number of hydrogen-bond donors (Lipinski definition) is 0. The van der Waals surface area contributed by atoms with E-state index in [0.717, 1.165) is 11.3 Å². The van der Waals surface area contributed by atoms with Gasteiger partial charge in [0.15, 0.2) is 16.6 Å². The van der Waals surface area contributed by atoms with Crippen LogP contribution in [0.25, 0.3) is 27.1 Å². The summed E-state index contributed by atoms with van der Waals surface area (Å²) in [5.41, 5.74) is 1.60. The quantitative estimate of drug-likeness (QED) is 0.566. The summed E-state index contributed by atoms with van der Waals surface area (Å²) in [6, 6.07) is 9.30. The summed E-state index contributed by atoms with van der Waals surface area (Å²) in [6.07, 6.45) is 0. The summed E-state index contributed by atoms with van der Waals surface area (Å²) in [6.45, 7) is 1.86. The fraction of sp³-hybridized carbons (Fsp3) is 0.0769. The van der Waals surface area contributed by atoms with Gasteiger partial charge < -0.3 is 4.52 Å². The van der Waals surface area contributed by atoms with E-state index < -0.39 is 0 Å². The van der Waals surface area contributed by atoms with Crippen LogP contribution in [0, 0.1) is 6.92 Å². The van der Waals surface area contributed by atoms with Crippen LogP contribution in [0.1, 0.15) is 5.69 Å². The third kappa shape index (κ3) is 2.01. The van der Waals surface area contributed by atoms with Crippen LogP contribution in [0.5, 0.6) is 0 Å². The van der Waals surface area contributed by atoms with Crippen LogP contribution in [0.15, 0.2) is 34.9 Å². The van der Waals surface area contributed by atoms with Crippen LogP contribution < -0.4 is 0 Å². The molecular weight excluding hydrogens is 310 g/mol. The molecule has 0 saturated carbocycles. The highest BCUT2D eigenvalue weighted by Crippen LogP contribution is 2.30. The van der Waals surface area contributed by atoms with Gasteiger partial charge in [-0.25, -0.2) is 0 Å². The lowest BCUT2D eigenvalue weighted by molar-refractivity contribution is 0.426. The topological polar surface area (TPSA) is 69.1 Å². The fourth-order valence-corrected chi connectivity index (χ4v) is 3.00. The minimum Gasteiger partial charge on any atom is -0.353 e. The zero-order valence-electron chi connectivity index (χ0n) is 10.8. The molecule has 0 spiro atoms. The highest BCUT2D eigenvalue weighted by Gasteiger charge is 2.17. The van der Waals surface area contributed by atoms with Crippen molar-refractivity contribution in [2.45, 2.75) is 6.92 Å². The molecular formula is C13H8ClN5OS. The summed E-state index contributed by atoms with van der Waals surface area (Å²) in [4.78, 5) is 0.675. The number of aryl methyl sites for hydroxylation is 1. The first kappa shape index (κ1) is 12.5. The minimum atomic E-state index is 0.606. The van der Waals surface area contributed by atoms with Crippen LogP contribution in [0.4, 0.5) is 0 Å². The number of halogens is 1. The van der Waals surface area contributed by atoms with Crippen molar-refractivity contribution in [3.8, 4) is 22.2 Å². The lowest BCUT2D eigenvalue weighted by atomic mass is 10.2. The summed E-state index contributed by atoms with van der Waals surface area (Å²) in [5.74, 6) is 1.22.